The maximum absolute atomic E-state index is 13.1. The SMILES string of the molecule is COC(=O)CC(NC(=O)c1sc2nc3n(c(=O)c2c1C)CCC3)c1cccc(Br)c1. The lowest BCUT2D eigenvalue weighted by molar-refractivity contribution is -0.141. The number of carbonyl (C=O) groups is 2. The molecule has 1 aliphatic heterocycles. The van der Waals surface area contributed by atoms with Gasteiger partial charge >= 0.3 is 5.97 Å². The standard InChI is InChI=1S/C21H20BrN3O4S/c1-11-17-20(24-15-7-4-8-25(15)21(17)28)30-18(11)19(27)23-14(10-16(26)29-2)12-5-3-6-13(22)9-12/h3,5-6,9,14H,4,7-8,10H2,1-2H3,(H,23,27). The third-order valence-corrected chi connectivity index (χ3v) is 6.95. The molecule has 3 heterocycles. The van der Waals surface area contributed by atoms with Gasteiger partial charge in [0.15, 0.2) is 0 Å². The molecule has 156 valence electrons. The molecule has 0 radical (unpaired) electrons. The van der Waals surface area contributed by atoms with Crippen LogP contribution in [-0.2, 0) is 22.5 Å². The normalized spacial score (nSPS) is 13.8. The minimum Gasteiger partial charge on any atom is -0.469 e. The Hall–Kier alpha value is -2.52. The van der Waals surface area contributed by atoms with Crippen LogP contribution in [0.3, 0.4) is 0 Å². The van der Waals surface area contributed by atoms with E-state index in [1.54, 1.807) is 11.5 Å². The molecular formula is C21H20BrN3O4S. The summed E-state index contributed by atoms with van der Waals surface area (Å²) >= 11 is 4.64. The van der Waals surface area contributed by atoms with Crippen molar-refractivity contribution in [1.82, 2.24) is 14.9 Å². The number of aryl methyl sites for hydroxylation is 2. The Labute approximate surface area is 185 Å². The average molecular weight is 490 g/mol. The second-order valence-electron chi connectivity index (χ2n) is 7.19. The zero-order valence-electron chi connectivity index (χ0n) is 16.5. The first-order chi connectivity index (χ1) is 14.4. The van der Waals surface area contributed by atoms with Gasteiger partial charge < -0.3 is 10.1 Å². The summed E-state index contributed by atoms with van der Waals surface area (Å²) in [4.78, 5) is 43.6. The first-order valence-corrected chi connectivity index (χ1v) is 11.2. The van der Waals surface area contributed by atoms with Crippen molar-refractivity contribution in [3.8, 4) is 0 Å². The molecule has 1 aliphatic rings. The number of carbonyl (C=O) groups excluding carboxylic acids is 2. The van der Waals surface area contributed by atoms with E-state index in [1.165, 1.54) is 18.4 Å². The van der Waals surface area contributed by atoms with E-state index in [9.17, 15) is 14.4 Å². The van der Waals surface area contributed by atoms with Crippen molar-refractivity contribution in [3.05, 3.63) is 60.9 Å². The van der Waals surface area contributed by atoms with Crippen molar-refractivity contribution >= 4 is 49.4 Å². The van der Waals surface area contributed by atoms with Gasteiger partial charge in [0.05, 0.1) is 29.8 Å². The summed E-state index contributed by atoms with van der Waals surface area (Å²) in [5.41, 5.74) is 1.32. The van der Waals surface area contributed by atoms with E-state index in [0.29, 0.717) is 27.2 Å². The number of halogens is 1. The molecule has 0 bridgehead atoms. The fourth-order valence-corrected chi connectivity index (χ4v) is 5.25. The fraction of sp³-hybridized carbons (Fsp3) is 0.333. The molecule has 0 aliphatic carbocycles. The second-order valence-corrected chi connectivity index (χ2v) is 9.10. The van der Waals surface area contributed by atoms with E-state index in [-0.39, 0.29) is 17.9 Å². The third-order valence-electron chi connectivity index (χ3n) is 5.27. The van der Waals surface area contributed by atoms with Crippen molar-refractivity contribution in [2.75, 3.05) is 7.11 Å². The van der Waals surface area contributed by atoms with Crippen LogP contribution < -0.4 is 10.9 Å². The number of aromatic nitrogens is 2. The number of methoxy groups -OCH3 is 1. The lowest BCUT2D eigenvalue weighted by Gasteiger charge is -2.18. The molecule has 1 unspecified atom stereocenters. The largest absolute Gasteiger partial charge is 0.469 e. The highest BCUT2D eigenvalue weighted by Crippen LogP contribution is 2.30. The van der Waals surface area contributed by atoms with Crippen molar-refractivity contribution in [3.63, 3.8) is 0 Å². The molecule has 0 saturated carbocycles. The number of hydrogen-bond donors (Lipinski definition) is 1. The smallest absolute Gasteiger partial charge is 0.307 e. The first kappa shape index (κ1) is 20.7. The van der Waals surface area contributed by atoms with Crippen molar-refractivity contribution in [1.29, 1.82) is 0 Å². The van der Waals surface area contributed by atoms with Crippen LogP contribution in [0.2, 0.25) is 0 Å². The fourth-order valence-electron chi connectivity index (χ4n) is 3.74. The van der Waals surface area contributed by atoms with Gasteiger partial charge in [-0.3, -0.25) is 19.0 Å². The number of esters is 1. The number of benzene rings is 1. The summed E-state index contributed by atoms with van der Waals surface area (Å²) < 4.78 is 7.34. The zero-order valence-corrected chi connectivity index (χ0v) is 18.9. The monoisotopic (exact) mass is 489 g/mol. The van der Waals surface area contributed by atoms with E-state index >= 15 is 0 Å². The van der Waals surface area contributed by atoms with Crippen LogP contribution in [0, 0.1) is 6.92 Å². The number of nitrogens with zero attached hydrogens (tertiary/aromatic N) is 2. The molecule has 1 aromatic carbocycles. The molecule has 1 atom stereocenters. The highest BCUT2D eigenvalue weighted by atomic mass is 79.9. The molecule has 1 N–H and O–H groups in total. The van der Waals surface area contributed by atoms with Crippen LogP contribution >= 0.6 is 27.3 Å². The first-order valence-electron chi connectivity index (χ1n) is 9.55. The Bertz CT molecular complexity index is 1220. The van der Waals surface area contributed by atoms with Crippen molar-refractivity contribution in [2.24, 2.45) is 0 Å². The topological polar surface area (TPSA) is 90.3 Å². The molecule has 2 aromatic heterocycles. The molecule has 0 spiro atoms. The maximum Gasteiger partial charge on any atom is 0.307 e. The number of fused-ring (bicyclic) bond motifs is 2. The minimum atomic E-state index is -0.564. The highest BCUT2D eigenvalue weighted by Gasteiger charge is 2.26. The second kappa shape index (κ2) is 8.31. The molecule has 7 nitrogen and oxygen atoms in total. The van der Waals surface area contributed by atoms with E-state index in [1.807, 2.05) is 24.3 Å². The minimum absolute atomic E-state index is 0.00214. The number of hydrogen-bond acceptors (Lipinski definition) is 6. The van der Waals surface area contributed by atoms with Gasteiger partial charge in [-0.2, -0.15) is 0 Å². The number of rotatable bonds is 5. The molecule has 9 heteroatoms. The number of amides is 1. The van der Waals surface area contributed by atoms with Gasteiger partial charge in [-0.15, -0.1) is 11.3 Å². The van der Waals surface area contributed by atoms with Gasteiger partial charge in [0.25, 0.3) is 11.5 Å². The van der Waals surface area contributed by atoms with E-state index in [2.05, 4.69) is 26.2 Å². The van der Waals surface area contributed by atoms with E-state index < -0.39 is 12.0 Å². The van der Waals surface area contributed by atoms with E-state index in [4.69, 9.17) is 4.74 Å². The van der Waals surface area contributed by atoms with E-state index in [0.717, 1.165) is 28.7 Å². The van der Waals surface area contributed by atoms with Crippen molar-refractivity contribution < 1.29 is 14.3 Å². The molecule has 0 saturated heterocycles. The highest BCUT2D eigenvalue weighted by molar-refractivity contribution is 9.10. The lowest BCUT2D eigenvalue weighted by atomic mass is 10.0. The van der Waals surface area contributed by atoms with Gasteiger partial charge in [-0.25, -0.2) is 4.98 Å². The third kappa shape index (κ3) is 3.79. The molecule has 3 aromatic rings. The maximum atomic E-state index is 13.1. The van der Waals surface area contributed by atoms with Gasteiger partial charge in [0.2, 0.25) is 0 Å². The summed E-state index contributed by atoms with van der Waals surface area (Å²) in [6.45, 7) is 2.44. The Kier molecular flexibility index (Phi) is 5.75. The Morgan fingerprint density at radius 3 is 2.93 bits per heavy atom. The van der Waals surface area contributed by atoms with Gasteiger partial charge in [-0.1, -0.05) is 28.1 Å². The Balaban J connectivity index is 1.69. The molecule has 0 fully saturated rings. The van der Waals surface area contributed by atoms with Crippen molar-refractivity contribution in [2.45, 2.75) is 38.8 Å². The molecule has 30 heavy (non-hydrogen) atoms. The summed E-state index contributed by atoms with van der Waals surface area (Å²) in [6.07, 6.45) is 1.68. The summed E-state index contributed by atoms with van der Waals surface area (Å²) in [5.74, 6) is 0.0111. The van der Waals surface area contributed by atoms with Gasteiger partial charge in [-0.05, 0) is 36.6 Å². The summed E-state index contributed by atoms with van der Waals surface area (Å²) in [7, 11) is 1.32. The Morgan fingerprint density at radius 1 is 1.40 bits per heavy atom. The summed E-state index contributed by atoms with van der Waals surface area (Å²) in [6, 6.07) is 6.84. The zero-order chi connectivity index (χ0) is 21.4. The molecular weight excluding hydrogens is 470 g/mol. The van der Waals surface area contributed by atoms with Crippen LogP contribution in [0.4, 0.5) is 0 Å². The molecule has 4 rings (SSSR count). The summed E-state index contributed by atoms with van der Waals surface area (Å²) in [5, 5.41) is 3.44. The predicted molar refractivity (Wildman–Crippen MR) is 118 cm³/mol. The van der Waals surface area contributed by atoms with Gasteiger partial charge in [0, 0.05) is 17.4 Å². The lowest BCUT2D eigenvalue weighted by Crippen LogP contribution is -2.30. The van der Waals surface area contributed by atoms with Crippen LogP contribution in [-0.4, -0.2) is 28.5 Å². The van der Waals surface area contributed by atoms with Crippen LogP contribution in [0.25, 0.3) is 10.2 Å². The average Bonchev–Trinajstić information content (AvgIpc) is 3.32. The van der Waals surface area contributed by atoms with Crippen LogP contribution in [0.15, 0.2) is 33.5 Å². The predicted octanol–water partition coefficient (Wildman–Crippen LogP) is 3.51. The number of nitrogens with one attached hydrogen (secondary N) is 1. The molecule has 1 amide bonds. The van der Waals surface area contributed by atoms with Gasteiger partial charge in [0.1, 0.15) is 10.7 Å². The number of ether oxygens (including phenoxy) is 1. The number of thiophene rings is 1. The van der Waals surface area contributed by atoms with Crippen LogP contribution in [0.1, 0.15) is 45.5 Å². The quantitative estimate of drug-likeness (QED) is 0.553. The van der Waals surface area contributed by atoms with Crippen LogP contribution in [0.5, 0.6) is 0 Å². The Morgan fingerprint density at radius 2 is 2.20 bits per heavy atom.